The minimum absolute atomic E-state index is 0.00905. The van der Waals surface area contributed by atoms with Gasteiger partial charge >= 0.3 is 6.01 Å². The Labute approximate surface area is 205 Å². The summed E-state index contributed by atoms with van der Waals surface area (Å²) in [7, 11) is 0. The van der Waals surface area contributed by atoms with Crippen molar-refractivity contribution in [1.29, 1.82) is 0 Å². The molecule has 2 bridgehead atoms. The first-order valence-corrected chi connectivity index (χ1v) is 12.0. The molecule has 3 heterocycles. The van der Waals surface area contributed by atoms with Crippen LogP contribution in [-0.4, -0.2) is 52.8 Å². The van der Waals surface area contributed by atoms with Gasteiger partial charge in [-0.05, 0) is 47.4 Å². The minimum atomic E-state index is -3.09. The van der Waals surface area contributed by atoms with Crippen molar-refractivity contribution in [3.63, 3.8) is 0 Å². The van der Waals surface area contributed by atoms with E-state index in [1.807, 2.05) is 24.3 Å². The highest BCUT2D eigenvalue weighted by molar-refractivity contribution is 6.01. The zero-order valence-corrected chi connectivity index (χ0v) is 19.6. The standard InChI is InChI=1S/C27H25F3N4O2/c1-27(29,30)14-36-26-32-24-21(25(33-26)34-12-16-6-7-17(13-34)31-16)9-8-20(23(24)28)22-11-18(35)10-15-4-2-3-5-19(15)22/h2-5,8-11,16-17,31,35H,6-7,12-14H2,1H3. The van der Waals surface area contributed by atoms with Gasteiger partial charge in [0.05, 0.1) is 0 Å². The van der Waals surface area contributed by atoms with Crippen molar-refractivity contribution in [2.45, 2.75) is 37.8 Å². The van der Waals surface area contributed by atoms with E-state index in [0.29, 0.717) is 41.9 Å². The Balaban J connectivity index is 1.53. The molecule has 6 rings (SSSR count). The number of nitrogens with one attached hydrogen (secondary N) is 1. The largest absolute Gasteiger partial charge is 0.508 e. The summed E-state index contributed by atoms with van der Waals surface area (Å²) in [6, 6.07) is 14.2. The average molecular weight is 495 g/mol. The summed E-state index contributed by atoms with van der Waals surface area (Å²) >= 11 is 0. The lowest BCUT2D eigenvalue weighted by Gasteiger charge is -2.34. The molecule has 2 saturated heterocycles. The van der Waals surface area contributed by atoms with Crippen molar-refractivity contribution < 1.29 is 23.0 Å². The zero-order valence-electron chi connectivity index (χ0n) is 19.6. The molecule has 0 amide bonds. The molecule has 2 aliphatic heterocycles. The fraction of sp³-hybridized carbons (Fsp3) is 0.333. The number of halogens is 3. The molecule has 0 radical (unpaired) electrons. The second kappa shape index (κ2) is 8.51. The van der Waals surface area contributed by atoms with Crippen molar-refractivity contribution in [1.82, 2.24) is 15.3 Å². The lowest BCUT2D eigenvalue weighted by Crippen LogP contribution is -2.51. The predicted octanol–water partition coefficient (Wildman–Crippen LogP) is 5.27. The van der Waals surface area contributed by atoms with Crippen LogP contribution in [0.3, 0.4) is 0 Å². The van der Waals surface area contributed by atoms with E-state index < -0.39 is 18.3 Å². The fourth-order valence-corrected chi connectivity index (χ4v) is 5.32. The summed E-state index contributed by atoms with van der Waals surface area (Å²) in [6.07, 6.45) is 2.08. The maximum atomic E-state index is 16.2. The first-order chi connectivity index (χ1) is 17.2. The molecule has 6 nitrogen and oxygen atoms in total. The van der Waals surface area contributed by atoms with Gasteiger partial charge in [-0.3, -0.25) is 0 Å². The number of alkyl halides is 2. The Hall–Kier alpha value is -3.59. The molecule has 36 heavy (non-hydrogen) atoms. The first kappa shape index (κ1) is 22.8. The van der Waals surface area contributed by atoms with E-state index in [1.54, 1.807) is 18.2 Å². The third-order valence-electron chi connectivity index (χ3n) is 6.87. The van der Waals surface area contributed by atoms with E-state index in [1.165, 1.54) is 6.07 Å². The van der Waals surface area contributed by atoms with Gasteiger partial charge in [0.2, 0.25) is 0 Å². The summed E-state index contributed by atoms with van der Waals surface area (Å²) in [5.41, 5.74) is 0.740. The molecule has 2 fully saturated rings. The molecule has 2 N–H and O–H groups in total. The summed E-state index contributed by atoms with van der Waals surface area (Å²) in [5, 5.41) is 15.8. The van der Waals surface area contributed by atoms with Crippen LogP contribution in [0.25, 0.3) is 32.8 Å². The number of ether oxygens (including phenoxy) is 1. The van der Waals surface area contributed by atoms with Gasteiger partial charge in [0.1, 0.15) is 17.1 Å². The molecular formula is C27H25F3N4O2. The number of nitrogens with zero attached hydrogens (tertiary/aromatic N) is 3. The number of hydrogen-bond acceptors (Lipinski definition) is 6. The number of aromatic nitrogens is 2. The van der Waals surface area contributed by atoms with Crippen LogP contribution in [-0.2, 0) is 0 Å². The Morgan fingerprint density at radius 3 is 2.53 bits per heavy atom. The molecule has 2 unspecified atom stereocenters. The normalized spacial score (nSPS) is 19.8. The number of rotatable bonds is 5. The van der Waals surface area contributed by atoms with Gasteiger partial charge in [0.15, 0.2) is 12.4 Å². The van der Waals surface area contributed by atoms with Crippen molar-refractivity contribution in [3.05, 3.63) is 54.3 Å². The van der Waals surface area contributed by atoms with E-state index in [0.717, 1.165) is 30.5 Å². The molecule has 2 aliphatic rings. The van der Waals surface area contributed by atoms with Crippen LogP contribution in [0.2, 0.25) is 0 Å². The topological polar surface area (TPSA) is 70.5 Å². The van der Waals surface area contributed by atoms with Gasteiger partial charge in [-0.25, -0.2) is 13.2 Å². The molecule has 186 valence electrons. The summed E-state index contributed by atoms with van der Waals surface area (Å²) < 4.78 is 48.5. The van der Waals surface area contributed by atoms with Crippen molar-refractivity contribution in [2.24, 2.45) is 0 Å². The molecule has 4 aromatic rings. The highest BCUT2D eigenvalue weighted by atomic mass is 19.3. The van der Waals surface area contributed by atoms with Crippen LogP contribution in [0.1, 0.15) is 19.8 Å². The summed E-state index contributed by atoms with van der Waals surface area (Å²) in [4.78, 5) is 10.7. The van der Waals surface area contributed by atoms with Crippen LogP contribution < -0.4 is 15.0 Å². The Morgan fingerprint density at radius 2 is 1.78 bits per heavy atom. The SMILES string of the molecule is CC(F)(F)COc1nc(N2CC3CCC(C2)N3)c2ccc(-c3cc(O)cc4ccccc34)c(F)c2n1. The van der Waals surface area contributed by atoms with Crippen LogP contribution in [0.15, 0.2) is 48.5 Å². The maximum Gasteiger partial charge on any atom is 0.319 e. The smallest absolute Gasteiger partial charge is 0.319 e. The second-order valence-corrected chi connectivity index (χ2v) is 9.77. The average Bonchev–Trinajstić information content (AvgIpc) is 3.19. The molecule has 9 heteroatoms. The molecule has 3 aromatic carbocycles. The Bertz CT molecular complexity index is 1460. The molecule has 0 aliphatic carbocycles. The number of hydrogen-bond donors (Lipinski definition) is 2. The highest BCUT2D eigenvalue weighted by Gasteiger charge is 2.34. The lowest BCUT2D eigenvalue weighted by atomic mass is 9.96. The van der Waals surface area contributed by atoms with Gasteiger partial charge in [-0.2, -0.15) is 9.97 Å². The van der Waals surface area contributed by atoms with E-state index in [2.05, 4.69) is 20.2 Å². The van der Waals surface area contributed by atoms with Crippen LogP contribution >= 0.6 is 0 Å². The van der Waals surface area contributed by atoms with E-state index >= 15 is 4.39 Å². The van der Waals surface area contributed by atoms with Gasteiger partial charge in [-0.1, -0.05) is 30.3 Å². The highest BCUT2D eigenvalue weighted by Crippen LogP contribution is 2.39. The van der Waals surface area contributed by atoms with Gasteiger partial charge < -0.3 is 20.1 Å². The van der Waals surface area contributed by atoms with Gasteiger partial charge in [-0.15, -0.1) is 0 Å². The Kier molecular flexibility index (Phi) is 5.40. The van der Waals surface area contributed by atoms with Crippen LogP contribution in [0.5, 0.6) is 11.8 Å². The minimum Gasteiger partial charge on any atom is -0.508 e. The summed E-state index contributed by atoms with van der Waals surface area (Å²) in [5.74, 6) is -3.23. The fourth-order valence-electron chi connectivity index (χ4n) is 5.32. The second-order valence-electron chi connectivity index (χ2n) is 9.77. The predicted molar refractivity (Wildman–Crippen MR) is 132 cm³/mol. The third kappa shape index (κ3) is 4.17. The van der Waals surface area contributed by atoms with Gasteiger partial charge in [0, 0.05) is 43.0 Å². The zero-order chi connectivity index (χ0) is 25.0. The van der Waals surface area contributed by atoms with E-state index in [9.17, 15) is 13.9 Å². The molecule has 1 aromatic heterocycles. The summed E-state index contributed by atoms with van der Waals surface area (Å²) in [6.45, 7) is 1.18. The quantitative estimate of drug-likeness (QED) is 0.394. The Morgan fingerprint density at radius 1 is 1.03 bits per heavy atom. The molecule has 2 atom stereocenters. The number of phenols is 1. The number of piperazine rings is 1. The number of phenolic OH excluding ortho intramolecular Hbond substituents is 1. The van der Waals surface area contributed by atoms with Crippen LogP contribution in [0, 0.1) is 5.82 Å². The molecule has 0 saturated carbocycles. The van der Waals surface area contributed by atoms with Crippen molar-refractivity contribution in [3.8, 4) is 22.9 Å². The number of anilines is 1. The van der Waals surface area contributed by atoms with Crippen molar-refractivity contribution in [2.75, 3.05) is 24.6 Å². The third-order valence-corrected chi connectivity index (χ3v) is 6.87. The lowest BCUT2D eigenvalue weighted by molar-refractivity contribution is -0.0255. The van der Waals surface area contributed by atoms with E-state index in [4.69, 9.17) is 4.74 Å². The number of benzene rings is 3. The monoisotopic (exact) mass is 494 g/mol. The molecule has 0 spiro atoms. The molecular weight excluding hydrogens is 469 g/mol. The van der Waals surface area contributed by atoms with Crippen LogP contribution in [0.4, 0.5) is 19.0 Å². The van der Waals surface area contributed by atoms with Gasteiger partial charge in [0.25, 0.3) is 5.92 Å². The first-order valence-electron chi connectivity index (χ1n) is 12.0. The number of aromatic hydroxyl groups is 1. The van der Waals surface area contributed by atoms with Crippen molar-refractivity contribution >= 4 is 27.5 Å². The number of fused-ring (bicyclic) bond motifs is 4. The maximum absolute atomic E-state index is 16.2. The van der Waals surface area contributed by atoms with E-state index in [-0.39, 0.29) is 22.8 Å².